The van der Waals surface area contributed by atoms with Crippen molar-refractivity contribution in [3.8, 4) is 0 Å². The molecule has 0 bridgehead atoms. The first-order valence-corrected chi connectivity index (χ1v) is 1.58. The van der Waals surface area contributed by atoms with Gasteiger partial charge in [0.25, 0.3) is 0 Å². The van der Waals surface area contributed by atoms with Crippen LogP contribution >= 0.6 is 0 Å². The largest absolute Gasteiger partial charge is 2.00 e. The summed E-state index contributed by atoms with van der Waals surface area (Å²) in [6.45, 7) is 6.85. The van der Waals surface area contributed by atoms with Crippen LogP contribution in [0.3, 0.4) is 0 Å². The molecule has 6 heavy (non-hydrogen) atoms. The molecule has 0 aliphatic carbocycles. The first-order chi connectivity index (χ1) is 2.41. The second-order valence-corrected chi connectivity index (χ2v) is 0.718. The van der Waals surface area contributed by atoms with Gasteiger partial charge in [0.15, 0.2) is 0 Å². The van der Waals surface area contributed by atoms with Crippen LogP contribution in [0, 0.1) is 6.58 Å². The second kappa shape index (κ2) is 8.89. The maximum Gasteiger partial charge on any atom is 2.00 e. The van der Waals surface area contributed by atoms with Crippen LogP contribution in [0.5, 0.6) is 0 Å². The molecule has 0 saturated carbocycles. The van der Waals surface area contributed by atoms with Crippen LogP contribution in [0.2, 0.25) is 0 Å². The Balaban J connectivity index is 0. The molecule has 0 atom stereocenters. The van der Waals surface area contributed by atoms with E-state index in [1.807, 2.05) is 13.0 Å². The molecule has 0 saturated heterocycles. The molecule has 0 amide bonds. The molecule has 0 aromatic carbocycles. The Labute approximate surface area is 49.4 Å². The van der Waals surface area contributed by atoms with E-state index in [2.05, 4.69) is 0 Å². The minimum absolute atomic E-state index is 0. The summed E-state index contributed by atoms with van der Waals surface area (Å²) in [5.74, 6) is 0. The minimum Gasteiger partial charge on any atom is -0.293 e. The molecule has 0 aliphatic heterocycles. The molecule has 34 valence electrons. The van der Waals surface area contributed by atoms with Gasteiger partial charge in [-0.2, -0.15) is 6.08 Å². The van der Waals surface area contributed by atoms with Crippen molar-refractivity contribution in [2.75, 3.05) is 0 Å². The molecule has 0 heterocycles. The van der Waals surface area contributed by atoms with Crippen molar-refractivity contribution in [1.82, 2.24) is 0 Å². The van der Waals surface area contributed by atoms with Gasteiger partial charge in [-0.1, -0.05) is 6.92 Å². The van der Waals surface area contributed by atoms with Crippen LogP contribution in [-0.4, -0.2) is 0 Å². The van der Waals surface area contributed by atoms with E-state index in [9.17, 15) is 0 Å². The van der Waals surface area contributed by atoms with Gasteiger partial charge in [-0.15, -0.1) is 0 Å². The van der Waals surface area contributed by atoms with Crippen LogP contribution in [0.15, 0.2) is 18.2 Å². The molecule has 0 nitrogen and oxygen atoms in total. The Hall–Kier alpha value is -0.000519. The fraction of sp³-hybridized carbons (Fsp3) is 0.200. The molecule has 0 spiro atoms. The van der Waals surface area contributed by atoms with Crippen molar-refractivity contribution in [2.24, 2.45) is 0 Å². The Kier molecular flexibility index (Phi) is 13.9. The normalized spacial score (nSPS) is 7.50. The molecule has 0 aliphatic rings. The van der Waals surface area contributed by atoms with Crippen LogP contribution in [0.25, 0.3) is 0 Å². The van der Waals surface area contributed by atoms with Gasteiger partial charge in [-0.3, -0.25) is 6.58 Å². The first-order valence-electron chi connectivity index (χ1n) is 1.58. The Morgan fingerprint density at radius 3 is 2.00 bits per heavy atom. The summed E-state index contributed by atoms with van der Waals surface area (Å²) in [5.41, 5.74) is 0. The standard InChI is InChI=1S/C5H7.Fe/c1-3-5-4-2;/h1,3-5H,2H3;/q-1;+2. The Bertz CT molecular complexity index is 45.9. The molecule has 0 unspecified atom stereocenters. The summed E-state index contributed by atoms with van der Waals surface area (Å²) in [5, 5.41) is 0. The predicted octanol–water partition coefficient (Wildman–Crippen LogP) is 1.55. The van der Waals surface area contributed by atoms with E-state index in [-0.39, 0.29) is 17.1 Å². The van der Waals surface area contributed by atoms with Crippen LogP contribution < -0.4 is 0 Å². The predicted molar refractivity (Wildman–Crippen MR) is 23.7 cm³/mol. The number of hydrogen-bond acceptors (Lipinski definition) is 0. The van der Waals surface area contributed by atoms with E-state index < -0.39 is 0 Å². The van der Waals surface area contributed by atoms with Gasteiger partial charge in [-0.25, -0.2) is 12.2 Å². The Morgan fingerprint density at radius 1 is 1.50 bits per heavy atom. The fourth-order valence-electron chi connectivity index (χ4n) is 0.111. The van der Waals surface area contributed by atoms with Crippen LogP contribution in [0.1, 0.15) is 6.92 Å². The van der Waals surface area contributed by atoms with Crippen molar-refractivity contribution in [3.63, 3.8) is 0 Å². The smallest absolute Gasteiger partial charge is 0.293 e. The molecule has 1 heteroatoms. The summed E-state index contributed by atoms with van der Waals surface area (Å²) in [6, 6.07) is 0. The van der Waals surface area contributed by atoms with Gasteiger partial charge >= 0.3 is 17.1 Å². The quantitative estimate of drug-likeness (QED) is 0.282. The van der Waals surface area contributed by atoms with Crippen molar-refractivity contribution in [2.45, 2.75) is 6.92 Å². The Morgan fingerprint density at radius 2 is 2.00 bits per heavy atom. The molecular weight excluding hydrogens is 116 g/mol. The molecule has 0 N–H and O–H groups in total. The summed E-state index contributed by atoms with van der Waals surface area (Å²) in [7, 11) is 0. The van der Waals surface area contributed by atoms with E-state index in [0.717, 1.165) is 0 Å². The number of rotatable bonds is 1. The third kappa shape index (κ3) is 9.00. The zero-order chi connectivity index (χ0) is 4.12. The minimum atomic E-state index is 0. The summed E-state index contributed by atoms with van der Waals surface area (Å²) in [4.78, 5) is 0. The van der Waals surface area contributed by atoms with E-state index in [1.54, 1.807) is 6.08 Å². The summed E-state index contributed by atoms with van der Waals surface area (Å²) >= 11 is 0. The molecule has 0 radical (unpaired) electrons. The van der Waals surface area contributed by atoms with Gasteiger partial charge in [0.2, 0.25) is 0 Å². The van der Waals surface area contributed by atoms with Crippen molar-refractivity contribution in [1.29, 1.82) is 0 Å². The van der Waals surface area contributed by atoms with Gasteiger partial charge in [0.1, 0.15) is 0 Å². The van der Waals surface area contributed by atoms with E-state index >= 15 is 0 Å². The SMILES string of the molecule is [CH-]=CC=CC.[Fe+2]. The van der Waals surface area contributed by atoms with Crippen LogP contribution in [-0.2, 0) is 17.1 Å². The molecule has 0 fully saturated rings. The monoisotopic (exact) mass is 123 g/mol. The number of allylic oxidation sites excluding steroid dienone is 3. The summed E-state index contributed by atoms with van der Waals surface area (Å²) in [6.07, 6.45) is 5.15. The van der Waals surface area contributed by atoms with Gasteiger partial charge in [0, 0.05) is 0 Å². The van der Waals surface area contributed by atoms with Crippen molar-refractivity contribution in [3.05, 3.63) is 24.8 Å². The topological polar surface area (TPSA) is 0 Å². The third-order valence-corrected chi connectivity index (χ3v) is 0.304. The second-order valence-electron chi connectivity index (χ2n) is 0.718. The van der Waals surface area contributed by atoms with Crippen LogP contribution in [0.4, 0.5) is 0 Å². The molecular formula is C5H7Fe+. The first kappa shape index (κ1) is 9.37. The van der Waals surface area contributed by atoms with Gasteiger partial charge in [-0.05, 0) is 0 Å². The maximum absolute atomic E-state index is 4.93. The van der Waals surface area contributed by atoms with Crippen molar-refractivity contribution < 1.29 is 17.1 Å². The summed E-state index contributed by atoms with van der Waals surface area (Å²) < 4.78 is 0. The number of hydrogen-bond donors (Lipinski definition) is 0. The zero-order valence-electron chi connectivity index (χ0n) is 3.66. The third-order valence-electron chi connectivity index (χ3n) is 0.304. The maximum atomic E-state index is 4.93. The fourth-order valence-corrected chi connectivity index (χ4v) is 0.111. The van der Waals surface area contributed by atoms with E-state index in [0.29, 0.717) is 0 Å². The molecule has 0 aromatic heterocycles. The van der Waals surface area contributed by atoms with Gasteiger partial charge in [0.05, 0.1) is 0 Å². The van der Waals surface area contributed by atoms with Gasteiger partial charge < -0.3 is 0 Å². The zero-order valence-corrected chi connectivity index (χ0v) is 4.77. The van der Waals surface area contributed by atoms with E-state index in [1.165, 1.54) is 6.08 Å². The van der Waals surface area contributed by atoms with Crippen molar-refractivity contribution >= 4 is 0 Å². The average molecular weight is 123 g/mol. The van der Waals surface area contributed by atoms with E-state index in [4.69, 9.17) is 6.58 Å². The molecule has 0 aromatic rings. The molecule has 0 rings (SSSR count). The average Bonchev–Trinajstić information content (AvgIpc) is 1.41.